The number of ether oxygens (including phenoxy) is 1. The van der Waals surface area contributed by atoms with Crippen LogP contribution in [0.5, 0.6) is 5.75 Å². The Bertz CT molecular complexity index is 605. The molecule has 0 fully saturated rings. The Labute approximate surface area is 117 Å². The molecule has 5 heteroatoms. The minimum Gasteiger partial charge on any atom is -0.494 e. The van der Waals surface area contributed by atoms with E-state index in [1.165, 1.54) is 0 Å². The van der Waals surface area contributed by atoms with E-state index in [9.17, 15) is 4.79 Å². The molecule has 0 atom stereocenters. The second-order valence-electron chi connectivity index (χ2n) is 4.58. The minimum absolute atomic E-state index is 0.0322. The van der Waals surface area contributed by atoms with Gasteiger partial charge in [-0.2, -0.15) is 0 Å². The largest absolute Gasteiger partial charge is 0.494 e. The average Bonchev–Trinajstić information content (AvgIpc) is 2.78. The first-order valence-electron chi connectivity index (χ1n) is 6.57. The summed E-state index contributed by atoms with van der Waals surface area (Å²) in [6, 6.07) is 7.67. The van der Waals surface area contributed by atoms with Crippen molar-refractivity contribution in [1.82, 2.24) is 9.55 Å². The van der Waals surface area contributed by atoms with Crippen molar-refractivity contribution in [3.8, 4) is 17.1 Å². The molecule has 1 N–H and O–H groups in total. The van der Waals surface area contributed by atoms with Crippen molar-refractivity contribution in [1.29, 1.82) is 0 Å². The summed E-state index contributed by atoms with van der Waals surface area (Å²) in [7, 11) is 1.82. The number of hydrogen-bond donors (Lipinski definition) is 1. The number of aliphatic carboxylic acids is 1. The van der Waals surface area contributed by atoms with Crippen molar-refractivity contribution < 1.29 is 14.6 Å². The standard InChI is InChI=1S/C15H18N2O3/c1-3-7-20-13-6-4-5-11(8-13)15-16-10-12(17(15)2)9-14(18)19/h4-6,8,10H,3,7,9H2,1-2H3,(H,18,19). The van der Waals surface area contributed by atoms with E-state index in [0.717, 1.165) is 23.6 Å². The van der Waals surface area contributed by atoms with Gasteiger partial charge < -0.3 is 14.4 Å². The second-order valence-corrected chi connectivity index (χ2v) is 4.58. The second kappa shape index (κ2) is 6.23. The molecule has 0 saturated carbocycles. The summed E-state index contributed by atoms with van der Waals surface area (Å²) in [4.78, 5) is 15.1. The summed E-state index contributed by atoms with van der Waals surface area (Å²) in [5.74, 6) is 0.676. The van der Waals surface area contributed by atoms with Gasteiger partial charge in [0.2, 0.25) is 0 Å². The highest BCUT2D eigenvalue weighted by Crippen LogP contribution is 2.23. The van der Waals surface area contributed by atoms with Gasteiger partial charge >= 0.3 is 5.97 Å². The smallest absolute Gasteiger partial charge is 0.309 e. The molecule has 0 saturated heterocycles. The van der Waals surface area contributed by atoms with Crippen LogP contribution in [0.4, 0.5) is 0 Å². The molecule has 1 aromatic heterocycles. The van der Waals surface area contributed by atoms with Crippen LogP contribution in [-0.2, 0) is 18.3 Å². The monoisotopic (exact) mass is 274 g/mol. The van der Waals surface area contributed by atoms with Gasteiger partial charge in [-0.25, -0.2) is 4.98 Å². The molecule has 0 radical (unpaired) electrons. The molecule has 0 aliphatic rings. The van der Waals surface area contributed by atoms with E-state index in [0.29, 0.717) is 12.3 Å². The van der Waals surface area contributed by atoms with Crippen molar-refractivity contribution in [2.45, 2.75) is 19.8 Å². The number of benzene rings is 1. The Hall–Kier alpha value is -2.30. The lowest BCUT2D eigenvalue weighted by Crippen LogP contribution is -2.05. The van der Waals surface area contributed by atoms with Gasteiger partial charge in [0.05, 0.1) is 13.0 Å². The van der Waals surface area contributed by atoms with Gasteiger partial charge in [0.15, 0.2) is 0 Å². The summed E-state index contributed by atoms with van der Waals surface area (Å²) >= 11 is 0. The molecule has 0 unspecified atom stereocenters. The van der Waals surface area contributed by atoms with Gasteiger partial charge in [0.1, 0.15) is 11.6 Å². The van der Waals surface area contributed by atoms with Gasteiger partial charge in [-0.1, -0.05) is 19.1 Å². The van der Waals surface area contributed by atoms with Gasteiger partial charge in [-0.05, 0) is 18.6 Å². The highest BCUT2D eigenvalue weighted by Gasteiger charge is 2.11. The first kappa shape index (κ1) is 14.1. The fourth-order valence-corrected chi connectivity index (χ4v) is 1.98. The molecular formula is C15H18N2O3. The molecule has 0 aliphatic carbocycles. The van der Waals surface area contributed by atoms with Crippen LogP contribution >= 0.6 is 0 Å². The van der Waals surface area contributed by atoms with E-state index >= 15 is 0 Å². The van der Waals surface area contributed by atoms with Gasteiger partial charge in [0.25, 0.3) is 0 Å². The highest BCUT2D eigenvalue weighted by molar-refractivity contribution is 5.70. The summed E-state index contributed by atoms with van der Waals surface area (Å²) in [6.45, 7) is 2.73. The average molecular weight is 274 g/mol. The number of carboxylic acids is 1. The van der Waals surface area contributed by atoms with E-state index in [1.54, 1.807) is 10.8 Å². The van der Waals surface area contributed by atoms with Crippen LogP contribution in [0.3, 0.4) is 0 Å². The molecule has 2 aromatic rings. The summed E-state index contributed by atoms with van der Waals surface area (Å²) < 4.78 is 7.40. The molecule has 0 amide bonds. The number of aromatic nitrogens is 2. The van der Waals surface area contributed by atoms with Crippen LogP contribution in [-0.4, -0.2) is 27.2 Å². The zero-order chi connectivity index (χ0) is 14.5. The van der Waals surface area contributed by atoms with Crippen LogP contribution in [0.25, 0.3) is 11.4 Å². The lowest BCUT2D eigenvalue weighted by atomic mass is 10.2. The van der Waals surface area contributed by atoms with E-state index in [2.05, 4.69) is 11.9 Å². The topological polar surface area (TPSA) is 64.3 Å². The Kier molecular flexibility index (Phi) is 4.40. The molecule has 20 heavy (non-hydrogen) atoms. The predicted octanol–water partition coefficient (Wildman–Crippen LogP) is 2.50. The van der Waals surface area contributed by atoms with E-state index in [1.807, 2.05) is 31.3 Å². The summed E-state index contributed by atoms with van der Waals surface area (Å²) in [5.41, 5.74) is 1.59. The fraction of sp³-hybridized carbons (Fsp3) is 0.333. The third kappa shape index (κ3) is 3.17. The Morgan fingerprint density at radius 2 is 2.25 bits per heavy atom. The van der Waals surface area contributed by atoms with Crippen molar-refractivity contribution >= 4 is 5.97 Å². The number of nitrogens with zero attached hydrogens (tertiary/aromatic N) is 2. The van der Waals surface area contributed by atoms with Gasteiger partial charge in [0, 0.05) is 24.5 Å². The Morgan fingerprint density at radius 1 is 1.45 bits per heavy atom. The normalized spacial score (nSPS) is 10.5. The van der Waals surface area contributed by atoms with Crippen LogP contribution in [0.15, 0.2) is 30.5 Å². The van der Waals surface area contributed by atoms with Gasteiger partial charge in [-0.15, -0.1) is 0 Å². The number of hydrogen-bond acceptors (Lipinski definition) is 3. The van der Waals surface area contributed by atoms with Crippen LogP contribution in [0, 0.1) is 0 Å². The quantitative estimate of drug-likeness (QED) is 0.879. The lowest BCUT2D eigenvalue weighted by Gasteiger charge is -2.08. The van der Waals surface area contributed by atoms with Gasteiger partial charge in [-0.3, -0.25) is 4.79 Å². The SMILES string of the molecule is CCCOc1cccc(-c2ncc(CC(=O)O)n2C)c1. The number of carbonyl (C=O) groups is 1. The molecule has 0 aliphatic heterocycles. The third-order valence-corrected chi connectivity index (χ3v) is 2.98. The Balaban J connectivity index is 2.27. The van der Waals surface area contributed by atoms with Crippen molar-refractivity contribution in [2.75, 3.05) is 6.61 Å². The van der Waals surface area contributed by atoms with E-state index < -0.39 is 5.97 Å². The van der Waals surface area contributed by atoms with E-state index in [4.69, 9.17) is 9.84 Å². The number of carboxylic acid groups (broad SMARTS) is 1. The summed E-state index contributed by atoms with van der Waals surface area (Å²) in [5, 5.41) is 8.85. The highest BCUT2D eigenvalue weighted by atomic mass is 16.5. The van der Waals surface area contributed by atoms with Crippen molar-refractivity contribution in [3.63, 3.8) is 0 Å². The van der Waals surface area contributed by atoms with Crippen LogP contribution in [0.2, 0.25) is 0 Å². The predicted molar refractivity (Wildman–Crippen MR) is 75.8 cm³/mol. The molecule has 2 rings (SSSR count). The fourth-order valence-electron chi connectivity index (χ4n) is 1.98. The summed E-state index contributed by atoms with van der Waals surface area (Å²) in [6.07, 6.45) is 2.52. The first-order valence-corrected chi connectivity index (χ1v) is 6.57. The van der Waals surface area contributed by atoms with E-state index in [-0.39, 0.29) is 6.42 Å². The Morgan fingerprint density at radius 3 is 2.95 bits per heavy atom. The van der Waals surface area contributed by atoms with Crippen LogP contribution < -0.4 is 4.74 Å². The number of imidazole rings is 1. The maximum Gasteiger partial charge on any atom is 0.309 e. The molecule has 106 valence electrons. The molecule has 1 heterocycles. The van der Waals surface area contributed by atoms with Crippen molar-refractivity contribution in [3.05, 3.63) is 36.2 Å². The minimum atomic E-state index is -0.862. The number of rotatable bonds is 6. The third-order valence-electron chi connectivity index (χ3n) is 2.98. The zero-order valence-electron chi connectivity index (χ0n) is 11.7. The molecule has 1 aromatic carbocycles. The first-order chi connectivity index (χ1) is 9.61. The lowest BCUT2D eigenvalue weighted by molar-refractivity contribution is -0.136. The van der Waals surface area contributed by atoms with Crippen LogP contribution in [0.1, 0.15) is 19.0 Å². The molecule has 5 nitrogen and oxygen atoms in total. The molecule has 0 spiro atoms. The zero-order valence-corrected chi connectivity index (χ0v) is 11.7. The maximum atomic E-state index is 10.8. The molecule has 0 bridgehead atoms. The molecular weight excluding hydrogens is 256 g/mol. The van der Waals surface area contributed by atoms with Crippen molar-refractivity contribution in [2.24, 2.45) is 7.05 Å². The maximum absolute atomic E-state index is 10.8.